The molecule has 0 aromatic carbocycles. The van der Waals surface area contributed by atoms with Gasteiger partial charge >= 0.3 is 0 Å². The minimum atomic E-state index is -0.250. The fraction of sp³-hybridized carbons (Fsp3) is 0.750. The van der Waals surface area contributed by atoms with E-state index in [1.54, 1.807) is 0 Å². The van der Waals surface area contributed by atoms with E-state index in [-0.39, 0.29) is 11.6 Å². The average Bonchev–Trinajstić information content (AvgIpc) is 2.59. The lowest BCUT2D eigenvalue weighted by molar-refractivity contribution is 0.152. The second-order valence-electron chi connectivity index (χ2n) is 7.55. The smallest absolute Gasteiger partial charge is 0.0807 e. The summed E-state index contributed by atoms with van der Waals surface area (Å²) in [5.74, 6) is 0. The summed E-state index contributed by atoms with van der Waals surface area (Å²) in [4.78, 5) is 0. The molecule has 102 valence electrons. The maximum absolute atomic E-state index is 10.1. The van der Waals surface area contributed by atoms with Gasteiger partial charge in [-0.2, -0.15) is 0 Å². The van der Waals surface area contributed by atoms with Crippen molar-refractivity contribution in [3.8, 4) is 0 Å². The van der Waals surface area contributed by atoms with E-state index in [1.165, 1.54) is 5.69 Å². The number of aromatic nitrogens is 1. The minimum Gasteiger partial charge on any atom is -0.388 e. The van der Waals surface area contributed by atoms with E-state index in [1.807, 2.05) is 0 Å². The molecule has 0 saturated carbocycles. The van der Waals surface area contributed by atoms with Crippen LogP contribution in [-0.2, 0) is 12.0 Å². The summed E-state index contributed by atoms with van der Waals surface area (Å²) in [6.07, 6.45) is 6.18. The van der Waals surface area contributed by atoms with E-state index >= 15 is 0 Å². The molecule has 0 aliphatic heterocycles. The van der Waals surface area contributed by atoms with Crippen molar-refractivity contribution >= 4 is 0 Å². The summed E-state index contributed by atoms with van der Waals surface area (Å²) in [6.45, 7) is 11.5. The molecule has 1 aromatic heterocycles. The van der Waals surface area contributed by atoms with Crippen molar-refractivity contribution in [2.45, 2.75) is 71.9 Å². The molecule has 0 bridgehead atoms. The van der Waals surface area contributed by atoms with Crippen LogP contribution in [0.3, 0.4) is 0 Å². The molecule has 0 fully saturated rings. The van der Waals surface area contributed by atoms with Gasteiger partial charge in [-0.25, -0.2) is 0 Å². The molecule has 18 heavy (non-hydrogen) atoms. The van der Waals surface area contributed by atoms with Gasteiger partial charge in [-0.05, 0) is 51.0 Å². The zero-order valence-electron chi connectivity index (χ0n) is 12.5. The molecule has 1 aliphatic rings. The predicted octanol–water partition coefficient (Wildman–Crippen LogP) is 4.03. The third kappa shape index (κ3) is 2.64. The number of nitrogens with zero attached hydrogens (tertiary/aromatic N) is 1. The van der Waals surface area contributed by atoms with Gasteiger partial charge in [-0.1, -0.05) is 20.8 Å². The van der Waals surface area contributed by atoms with Crippen LogP contribution in [0.4, 0.5) is 0 Å². The largest absolute Gasteiger partial charge is 0.388 e. The summed E-state index contributed by atoms with van der Waals surface area (Å²) in [5, 5.41) is 10.1. The number of hydrogen-bond donors (Lipinski definition) is 1. The molecular weight excluding hydrogens is 222 g/mol. The van der Waals surface area contributed by atoms with Crippen molar-refractivity contribution in [2.75, 3.05) is 0 Å². The Morgan fingerprint density at radius 1 is 1.28 bits per heavy atom. The van der Waals surface area contributed by atoms with Crippen LogP contribution in [0, 0.1) is 5.41 Å². The topological polar surface area (TPSA) is 25.2 Å². The van der Waals surface area contributed by atoms with Crippen molar-refractivity contribution < 1.29 is 5.11 Å². The maximum atomic E-state index is 10.1. The van der Waals surface area contributed by atoms with E-state index in [0.29, 0.717) is 5.41 Å². The van der Waals surface area contributed by atoms with Gasteiger partial charge in [-0.3, -0.25) is 0 Å². The number of fused-ring (bicyclic) bond motifs is 1. The van der Waals surface area contributed by atoms with E-state index in [9.17, 15) is 5.11 Å². The molecule has 1 atom stereocenters. The molecule has 2 rings (SSSR count). The van der Waals surface area contributed by atoms with Gasteiger partial charge in [-0.15, -0.1) is 0 Å². The summed E-state index contributed by atoms with van der Waals surface area (Å²) >= 11 is 0. The second kappa shape index (κ2) is 4.41. The van der Waals surface area contributed by atoms with Crippen molar-refractivity contribution in [3.05, 3.63) is 23.5 Å². The van der Waals surface area contributed by atoms with Crippen LogP contribution in [0.5, 0.6) is 0 Å². The second-order valence-corrected chi connectivity index (χ2v) is 7.55. The third-order valence-electron chi connectivity index (χ3n) is 3.89. The Labute approximate surface area is 111 Å². The van der Waals surface area contributed by atoms with Gasteiger partial charge in [0.1, 0.15) is 0 Å². The summed E-state index contributed by atoms with van der Waals surface area (Å²) in [7, 11) is 0. The first-order valence-corrected chi connectivity index (χ1v) is 7.09. The first-order valence-electron chi connectivity index (χ1n) is 7.09. The fourth-order valence-corrected chi connectivity index (χ4v) is 3.62. The molecule has 1 heterocycles. The molecular formula is C16H27NO. The van der Waals surface area contributed by atoms with Gasteiger partial charge in [0.2, 0.25) is 0 Å². The molecule has 1 N–H and O–H groups in total. The molecule has 2 nitrogen and oxygen atoms in total. The average molecular weight is 249 g/mol. The zero-order chi connectivity index (χ0) is 13.6. The Morgan fingerprint density at radius 3 is 2.56 bits per heavy atom. The van der Waals surface area contributed by atoms with Gasteiger partial charge < -0.3 is 9.67 Å². The Hall–Kier alpha value is -0.760. The molecule has 2 heteroatoms. The molecule has 1 aromatic rings. The SMILES string of the molecule is CC(C)(C)CC(C)(C)n1ccc2c1CCCC2O. The van der Waals surface area contributed by atoms with Gasteiger partial charge in [0, 0.05) is 23.0 Å². The standard InChI is InChI=1S/C16H27NO/c1-15(2,3)11-16(4,5)17-10-9-12-13(17)7-6-8-14(12)18/h9-10,14,18H,6-8,11H2,1-5H3. The number of aliphatic hydroxyl groups excluding tert-OH is 1. The van der Waals surface area contributed by atoms with Gasteiger partial charge in [0.05, 0.1) is 6.10 Å². The Kier molecular flexibility index (Phi) is 3.35. The van der Waals surface area contributed by atoms with Crippen LogP contribution in [0.25, 0.3) is 0 Å². The molecule has 0 spiro atoms. The van der Waals surface area contributed by atoms with Crippen molar-refractivity contribution in [2.24, 2.45) is 5.41 Å². The number of rotatable bonds is 2. The van der Waals surface area contributed by atoms with E-state index in [0.717, 1.165) is 31.2 Å². The predicted molar refractivity (Wildman–Crippen MR) is 75.7 cm³/mol. The van der Waals surface area contributed by atoms with Crippen LogP contribution in [0.2, 0.25) is 0 Å². The normalized spacial score (nSPS) is 20.9. The molecule has 0 radical (unpaired) electrons. The number of hydrogen-bond acceptors (Lipinski definition) is 1. The van der Waals surface area contributed by atoms with Crippen LogP contribution >= 0.6 is 0 Å². The first-order chi connectivity index (χ1) is 8.21. The van der Waals surface area contributed by atoms with Crippen LogP contribution in [-0.4, -0.2) is 9.67 Å². The van der Waals surface area contributed by atoms with E-state index in [4.69, 9.17) is 0 Å². The van der Waals surface area contributed by atoms with Gasteiger partial charge in [0.25, 0.3) is 0 Å². The Morgan fingerprint density at radius 2 is 1.94 bits per heavy atom. The van der Waals surface area contributed by atoms with E-state index < -0.39 is 0 Å². The number of aliphatic hydroxyl groups is 1. The third-order valence-corrected chi connectivity index (χ3v) is 3.89. The zero-order valence-corrected chi connectivity index (χ0v) is 12.5. The highest BCUT2D eigenvalue weighted by molar-refractivity contribution is 5.28. The minimum absolute atomic E-state index is 0.114. The molecule has 1 aliphatic carbocycles. The summed E-state index contributed by atoms with van der Waals surface area (Å²) in [5.41, 5.74) is 2.93. The summed E-state index contributed by atoms with van der Waals surface area (Å²) in [6, 6.07) is 2.11. The molecule has 0 saturated heterocycles. The highest BCUT2D eigenvalue weighted by Gasteiger charge is 2.31. The van der Waals surface area contributed by atoms with Crippen LogP contribution in [0.15, 0.2) is 12.3 Å². The quantitative estimate of drug-likeness (QED) is 0.841. The van der Waals surface area contributed by atoms with Crippen molar-refractivity contribution in [1.29, 1.82) is 0 Å². The lowest BCUT2D eigenvalue weighted by Crippen LogP contribution is -2.33. The first kappa shape index (κ1) is 13.7. The van der Waals surface area contributed by atoms with E-state index in [2.05, 4.69) is 51.4 Å². The lowest BCUT2D eigenvalue weighted by Gasteiger charge is -2.36. The fourth-order valence-electron chi connectivity index (χ4n) is 3.62. The highest BCUT2D eigenvalue weighted by Crippen LogP contribution is 2.38. The van der Waals surface area contributed by atoms with Crippen molar-refractivity contribution in [3.63, 3.8) is 0 Å². The lowest BCUT2D eigenvalue weighted by atomic mass is 9.81. The van der Waals surface area contributed by atoms with Crippen LogP contribution in [0.1, 0.15) is 71.2 Å². The molecule has 1 unspecified atom stereocenters. The summed E-state index contributed by atoms with van der Waals surface area (Å²) < 4.78 is 2.40. The van der Waals surface area contributed by atoms with Crippen LogP contribution < -0.4 is 0 Å². The monoisotopic (exact) mass is 249 g/mol. The Balaban J connectivity index is 2.34. The highest BCUT2D eigenvalue weighted by atomic mass is 16.3. The van der Waals surface area contributed by atoms with Crippen molar-refractivity contribution in [1.82, 2.24) is 4.57 Å². The van der Waals surface area contributed by atoms with Gasteiger partial charge in [0.15, 0.2) is 0 Å². The maximum Gasteiger partial charge on any atom is 0.0807 e. The molecule has 0 amide bonds. The Bertz CT molecular complexity index is 423.